The third kappa shape index (κ3) is 4.45. The highest BCUT2D eigenvalue weighted by atomic mass is 35.5. The van der Waals surface area contributed by atoms with Crippen LogP contribution >= 0.6 is 19.4 Å². The number of aromatic nitrogens is 3. The van der Waals surface area contributed by atoms with Gasteiger partial charge in [-0.15, -0.1) is 0 Å². The lowest BCUT2D eigenvalue weighted by atomic mass is 9.96. The summed E-state index contributed by atoms with van der Waals surface area (Å²) in [6.07, 6.45) is -1.09. The molecule has 0 radical (unpaired) electrons. The molecule has 1 aromatic carbocycles. The number of nitrogen functional groups attached to an aromatic ring is 1. The minimum Gasteiger partial charge on any atom is -0.387 e. The van der Waals surface area contributed by atoms with Crippen molar-refractivity contribution < 1.29 is 37.5 Å². The number of phosphoric ester groups is 1. The highest BCUT2D eigenvalue weighted by molar-refractivity contribution is 7.48. The number of nitrogens with two attached hydrogens (primary N) is 1. The number of fused-ring (bicyclic) bond motifs is 1. The van der Waals surface area contributed by atoms with Gasteiger partial charge in [-0.25, -0.2) is 18.9 Å². The molecule has 0 aliphatic carbocycles. The molecule has 2 aliphatic heterocycles. The van der Waals surface area contributed by atoms with Crippen LogP contribution in [0.3, 0.4) is 0 Å². The maximum atomic E-state index is 13.4. The van der Waals surface area contributed by atoms with Gasteiger partial charge in [-0.2, -0.15) is 0 Å². The van der Waals surface area contributed by atoms with Crippen LogP contribution in [0.5, 0.6) is 0 Å². The SMILES string of the molecule is C[C@@]1(O)[C@H](O)[C@@H](CO[P@]2(=O)OCC[C@H](c3ccc(F)cc3Cl)O2)O[C@H]1n1ccc2c(N)ncnc21. The number of hydrogen-bond donors (Lipinski definition) is 3. The van der Waals surface area contributed by atoms with E-state index in [4.69, 9.17) is 35.6 Å². The first-order chi connectivity index (χ1) is 16.6. The summed E-state index contributed by atoms with van der Waals surface area (Å²) in [7, 11) is -4.08. The van der Waals surface area contributed by atoms with E-state index in [-0.39, 0.29) is 17.4 Å². The number of anilines is 1. The summed E-state index contributed by atoms with van der Waals surface area (Å²) < 4.78 is 50.2. The zero-order valence-corrected chi connectivity index (χ0v) is 20.1. The summed E-state index contributed by atoms with van der Waals surface area (Å²) in [6, 6.07) is 5.47. The average Bonchev–Trinajstić information content (AvgIpc) is 3.32. The molecule has 2 aromatic heterocycles. The normalized spacial score (nSPS) is 33.4. The smallest absolute Gasteiger partial charge is 0.387 e. The Morgan fingerprint density at radius 1 is 1.40 bits per heavy atom. The van der Waals surface area contributed by atoms with Crippen LogP contribution in [0.25, 0.3) is 11.0 Å². The van der Waals surface area contributed by atoms with Gasteiger partial charge >= 0.3 is 7.82 Å². The van der Waals surface area contributed by atoms with E-state index in [0.29, 0.717) is 23.0 Å². The largest absolute Gasteiger partial charge is 0.475 e. The number of nitrogens with zero attached hydrogens (tertiary/aromatic N) is 3. The van der Waals surface area contributed by atoms with Crippen molar-refractivity contribution in [3.8, 4) is 0 Å². The standard InChI is InChI=1S/C21H23ClFN4O7P/c1-21(29)17(28)16(33-20(21)27-6-4-13-18(24)25-10-26-19(13)27)9-32-35(30)31-7-5-15(34-35)12-3-2-11(23)8-14(12)22/h2-4,6,8,10,15-17,20,28-29H,5,7,9H2,1H3,(H2,24,25,26)/t15-,16-,17-,20-,21-,35+/m1/s1. The van der Waals surface area contributed by atoms with Crippen molar-refractivity contribution in [1.82, 2.24) is 14.5 Å². The molecule has 2 aliphatic rings. The first-order valence-corrected chi connectivity index (χ1v) is 12.6. The Balaban J connectivity index is 1.31. The first kappa shape index (κ1) is 24.5. The van der Waals surface area contributed by atoms with Crippen molar-refractivity contribution >= 4 is 36.3 Å². The second-order valence-electron chi connectivity index (χ2n) is 8.54. The van der Waals surface area contributed by atoms with Gasteiger partial charge in [0.25, 0.3) is 0 Å². The fourth-order valence-electron chi connectivity index (χ4n) is 4.28. The lowest BCUT2D eigenvalue weighted by Crippen LogP contribution is -2.44. The zero-order chi connectivity index (χ0) is 25.0. The van der Waals surface area contributed by atoms with Gasteiger partial charge in [-0.1, -0.05) is 17.7 Å². The van der Waals surface area contributed by atoms with Gasteiger partial charge in [0.15, 0.2) is 6.23 Å². The highest BCUT2D eigenvalue weighted by Crippen LogP contribution is 2.58. The Hall–Kier alpha value is -2.15. The molecule has 35 heavy (non-hydrogen) atoms. The van der Waals surface area contributed by atoms with Crippen LogP contribution in [-0.2, 0) is 22.9 Å². The highest BCUT2D eigenvalue weighted by Gasteiger charge is 2.54. The van der Waals surface area contributed by atoms with Crippen LogP contribution in [0.2, 0.25) is 5.02 Å². The molecular weight excluding hydrogens is 506 g/mol. The molecule has 0 unspecified atom stereocenters. The molecule has 0 spiro atoms. The van der Waals surface area contributed by atoms with Gasteiger partial charge in [0.2, 0.25) is 0 Å². The summed E-state index contributed by atoms with van der Waals surface area (Å²) in [5.74, 6) is -0.254. The number of phosphoric acid groups is 1. The molecule has 4 N–H and O–H groups in total. The van der Waals surface area contributed by atoms with Crippen molar-refractivity contribution in [2.45, 2.75) is 43.5 Å². The molecule has 4 heterocycles. The van der Waals surface area contributed by atoms with E-state index in [1.54, 1.807) is 12.3 Å². The van der Waals surface area contributed by atoms with Gasteiger partial charge in [0.1, 0.15) is 41.4 Å². The maximum Gasteiger partial charge on any atom is 0.475 e. The van der Waals surface area contributed by atoms with Crippen LogP contribution in [0.1, 0.15) is 31.2 Å². The van der Waals surface area contributed by atoms with Gasteiger partial charge < -0.3 is 25.3 Å². The number of benzene rings is 1. The quantitative estimate of drug-likeness (QED) is 0.421. The fourth-order valence-corrected chi connectivity index (χ4v) is 5.95. The lowest BCUT2D eigenvalue weighted by Gasteiger charge is -2.30. The summed E-state index contributed by atoms with van der Waals surface area (Å²) in [6.45, 7) is 1.03. The average molecular weight is 529 g/mol. The third-order valence-electron chi connectivity index (χ3n) is 6.14. The van der Waals surface area contributed by atoms with Crippen molar-refractivity contribution in [2.24, 2.45) is 0 Å². The molecule has 6 atom stereocenters. The van der Waals surface area contributed by atoms with Crippen molar-refractivity contribution in [2.75, 3.05) is 18.9 Å². The van der Waals surface area contributed by atoms with Gasteiger partial charge in [0.05, 0.1) is 24.7 Å². The van der Waals surface area contributed by atoms with E-state index in [0.717, 1.165) is 6.07 Å². The maximum absolute atomic E-state index is 13.4. The Morgan fingerprint density at radius 2 is 2.20 bits per heavy atom. The Kier molecular flexibility index (Phi) is 6.35. The van der Waals surface area contributed by atoms with Crippen LogP contribution in [-0.4, -0.2) is 55.8 Å². The Morgan fingerprint density at radius 3 is 2.97 bits per heavy atom. The topological polar surface area (TPSA) is 151 Å². The molecule has 2 saturated heterocycles. The lowest BCUT2D eigenvalue weighted by molar-refractivity contribution is -0.0950. The van der Waals surface area contributed by atoms with E-state index >= 15 is 0 Å². The van der Waals surface area contributed by atoms with Crippen LogP contribution < -0.4 is 5.73 Å². The van der Waals surface area contributed by atoms with E-state index in [9.17, 15) is 19.2 Å². The molecule has 3 aromatic rings. The van der Waals surface area contributed by atoms with Crippen LogP contribution in [0, 0.1) is 5.82 Å². The van der Waals surface area contributed by atoms with Crippen molar-refractivity contribution in [1.29, 1.82) is 0 Å². The van der Waals surface area contributed by atoms with E-state index in [1.807, 2.05) is 0 Å². The monoisotopic (exact) mass is 528 g/mol. The zero-order valence-electron chi connectivity index (χ0n) is 18.5. The van der Waals surface area contributed by atoms with Crippen molar-refractivity contribution in [3.63, 3.8) is 0 Å². The first-order valence-electron chi connectivity index (χ1n) is 10.7. The molecule has 0 bridgehead atoms. The Bertz CT molecular complexity index is 1310. The summed E-state index contributed by atoms with van der Waals surface area (Å²) in [5, 5.41) is 22.5. The van der Waals surface area contributed by atoms with Crippen molar-refractivity contribution in [3.05, 3.63) is 53.2 Å². The van der Waals surface area contributed by atoms with E-state index in [2.05, 4.69) is 9.97 Å². The number of aliphatic hydroxyl groups is 2. The van der Waals surface area contributed by atoms with E-state index < -0.39 is 50.4 Å². The second kappa shape index (κ2) is 9.06. The third-order valence-corrected chi connectivity index (χ3v) is 7.94. The minimum absolute atomic E-state index is 0.0422. The predicted octanol–water partition coefficient (Wildman–Crippen LogP) is 3.12. The van der Waals surface area contributed by atoms with Crippen LogP contribution in [0.15, 0.2) is 36.8 Å². The second-order valence-corrected chi connectivity index (χ2v) is 10.6. The summed E-state index contributed by atoms with van der Waals surface area (Å²) in [4.78, 5) is 8.13. The number of ether oxygens (including phenoxy) is 1. The molecule has 14 heteroatoms. The van der Waals surface area contributed by atoms with E-state index in [1.165, 1.54) is 30.0 Å². The summed E-state index contributed by atoms with van der Waals surface area (Å²) >= 11 is 6.11. The van der Waals surface area contributed by atoms with Gasteiger partial charge in [-0.3, -0.25) is 13.6 Å². The van der Waals surface area contributed by atoms with Crippen LogP contribution in [0.4, 0.5) is 10.2 Å². The van der Waals surface area contributed by atoms with Gasteiger partial charge in [0, 0.05) is 23.2 Å². The minimum atomic E-state index is -4.08. The number of halogens is 2. The molecule has 188 valence electrons. The number of aliphatic hydroxyl groups excluding tert-OH is 1. The predicted molar refractivity (Wildman–Crippen MR) is 122 cm³/mol. The molecule has 2 fully saturated rings. The molecule has 0 amide bonds. The van der Waals surface area contributed by atoms with Gasteiger partial charge in [-0.05, 0) is 25.1 Å². The Labute approximate surface area is 204 Å². The fraction of sp³-hybridized carbons (Fsp3) is 0.429. The molecular formula is C21H23ClFN4O7P. The summed E-state index contributed by atoms with van der Waals surface area (Å²) in [5.41, 5.74) is 4.98. The molecule has 5 rings (SSSR count). The molecule has 11 nitrogen and oxygen atoms in total. The number of hydrogen-bond acceptors (Lipinski definition) is 10. The molecule has 0 saturated carbocycles. The number of rotatable bonds is 5.